The molecule has 0 unspecified atom stereocenters. The van der Waals surface area contributed by atoms with Crippen LogP contribution in [0.3, 0.4) is 0 Å². The molecule has 1 saturated heterocycles. The fourth-order valence-corrected chi connectivity index (χ4v) is 2.25. The van der Waals surface area contributed by atoms with Crippen LogP contribution in [0.4, 0.5) is 5.69 Å². The highest BCUT2D eigenvalue weighted by Gasteiger charge is 2.16. The first-order valence-electron chi connectivity index (χ1n) is 4.84. The summed E-state index contributed by atoms with van der Waals surface area (Å²) < 4.78 is 11.4. The zero-order valence-corrected chi connectivity index (χ0v) is 10.2. The van der Waals surface area contributed by atoms with Crippen molar-refractivity contribution in [3.05, 3.63) is 16.7 Å². The molecule has 0 radical (unpaired) electrons. The lowest BCUT2D eigenvalue weighted by atomic mass is 10.3. The Balaban J connectivity index is 2.26. The molecule has 1 aromatic heterocycles. The fraction of sp³-hybridized carbons (Fsp3) is 0.500. The molecule has 1 fully saturated rings. The third kappa shape index (κ3) is 2.23. The van der Waals surface area contributed by atoms with Gasteiger partial charge in [-0.1, -0.05) is 0 Å². The predicted octanol–water partition coefficient (Wildman–Crippen LogP) is 1.69. The second kappa shape index (κ2) is 4.81. The molecular weight excluding hydrogens is 260 g/mol. The van der Waals surface area contributed by atoms with Crippen LogP contribution in [0.15, 0.2) is 16.7 Å². The zero-order valence-electron chi connectivity index (χ0n) is 8.57. The van der Waals surface area contributed by atoms with Gasteiger partial charge in [-0.3, -0.25) is 0 Å². The standard InChI is InChI=1S/C10H13BrN2O2/c1-14-10-9(11)8(2-3-12-10)13-4-6-15-7-5-13/h2-3H,4-7H2,1H3. The monoisotopic (exact) mass is 272 g/mol. The minimum absolute atomic E-state index is 0.624. The van der Waals surface area contributed by atoms with Crippen molar-refractivity contribution in [2.45, 2.75) is 0 Å². The first-order valence-corrected chi connectivity index (χ1v) is 5.63. The Morgan fingerprint density at radius 3 is 2.87 bits per heavy atom. The second-order valence-corrected chi connectivity index (χ2v) is 4.05. The zero-order chi connectivity index (χ0) is 10.7. The maximum Gasteiger partial charge on any atom is 0.229 e. The molecule has 1 aliphatic rings. The molecule has 15 heavy (non-hydrogen) atoms. The van der Waals surface area contributed by atoms with Crippen LogP contribution in [0.25, 0.3) is 0 Å². The van der Waals surface area contributed by atoms with Crippen molar-refractivity contribution < 1.29 is 9.47 Å². The average Bonchev–Trinajstić information content (AvgIpc) is 2.30. The number of anilines is 1. The van der Waals surface area contributed by atoms with E-state index in [0.29, 0.717) is 5.88 Å². The van der Waals surface area contributed by atoms with E-state index in [1.54, 1.807) is 13.3 Å². The van der Waals surface area contributed by atoms with Crippen molar-refractivity contribution in [1.82, 2.24) is 4.98 Å². The molecule has 82 valence electrons. The van der Waals surface area contributed by atoms with Crippen molar-refractivity contribution in [2.24, 2.45) is 0 Å². The van der Waals surface area contributed by atoms with Gasteiger partial charge in [0, 0.05) is 19.3 Å². The van der Waals surface area contributed by atoms with Crippen LogP contribution in [0.1, 0.15) is 0 Å². The Morgan fingerprint density at radius 1 is 1.47 bits per heavy atom. The summed E-state index contributed by atoms with van der Waals surface area (Å²) in [4.78, 5) is 6.39. The number of morpholine rings is 1. The normalized spacial score (nSPS) is 16.5. The number of ether oxygens (including phenoxy) is 2. The van der Waals surface area contributed by atoms with Crippen LogP contribution in [0.2, 0.25) is 0 Å². The minimum Gasteiger partial charge on any atom is -0.480 e. The molecule has 1 aliphatic heterocycles. The number of hydrogen-bond donors (Lipinski definition) is 0. The van der Waals surface area contributed by atoms with Gasteiger partial charge in [0.1, 0.15) is 4.47 Å². The molecule has 5 heteroatoms. The molecule has 0 amide bonds. The van der Waals surface area contributed by atoms with Crippen LogP contribution >= 0.6 is 15.9 Å². The lowest BCUT2D eigenvalue weighted by Gasteiger charge is -2.29. The number of halogens is 1. The van der Waals surface area contributed by atoms with Gasteiger partial charge in [0.2, 0.25) is 5.88 Å². The highest BCUT2D eigenvalue weighted by atomic mass is 79.9. The molecule has 0 N–H and O–H groups in total. The van der Waals surface area contributed by atoms with E-state index in [1.165, 1.54) is 0 Å². The van der Waals surface area contributed by atoms with Crippen LogP contribution in [-0.2, 0) is 4.74 Å². The van der Waals surface area contributed by atoms with E-state index in [-0.39, 0.29) is 0 Å². The largest absolute Gasteiger partial charge is 0.480 e. The van der Waals surface area contributed by atoms with Crippen molar-refractivity contribution in [2.75, 3.05) is 38.3 Å². The Hall–Kier alpha value is -0.810. The van der Waals surface area contributed by atoms with E-state index in [2.05, 4.69) is 25.8 Å². The number of pyridine rings is 1. The van der Waals surface area contributed by atoms with Crippen LogP contribution in [0.5, 0.6) is 5.88 Å². The van der Waals surface area contributed by atoms with Gasteiger partial charge in [-0.25, -0.2) is 4.98 Å². The first-order chi connectivity index (χ1) is 7.33. The predicted molar refractivity (Wildman–Crippen MR) is 61.5 cm³/mol. The van der Waals surface area contributed by atoms with Gasteiger partial charge >= 0.3 is 0 Å². The summed E-state index contributed by atoms with van der Waals surface area (Å²) in [6.45, 7) is 3.37. The Morgan fingerprint density at radius 2 is 2.20 bits per heavy atom. The Labute approximate surface area is 97.3 Å². The van der Waals surface area contributed by atoms with Crippen LogP contribution in [0, 0.1) is 0 Å². The van der Waals surface area contributed by atoms with E-state index in [4.69, 9.17) is 9.47 Å². The van der Waals surface area contributed by atoms with E-state index in [0.717, 1.165) is 36.5 Å². The van der Waals surface area contributed by atoms with Crippen molar-refractivity contribution in [1.29, 1.82) is 0 Å². The lowest BCUT2D eigenvalue weighted by molar-refractivity contribution is 0.122. The van der Waals surface area contributed by atoms with Gasteiger partial charge < -0.3 is 14.4 Å². The smallest absolute Gasteiger partial charge is 0.229 e. The Bertz CT molecular complexity index is 340. The molecule has 2 heterocycles. The van der Waals surface area contributed by atoms with E-state index in [9.17, 15) is 0 Å². The molecule has 1 aromatic rings. The number of methoxy groups -OCH3 is 1. The minimum atomic E-state index is 0.624. The number of hydrogen-bond acceptors (Lipinski definition) is 4. The van der Waals surface area contributed by atoms with Crippen molar-refractivity contribution in [3.8, 4) is 5.88 Å². The molecule has 2 rings (SSSR count). The SMILES string of the molecule is COc1nccc(N2CCOCC2)c1Br. The highest BCUT2D eigenvalue weighted by molar-refractivity contribution is 9.10. The number of aromatic nitrogens is 1. The number of rotatable bonds is 2. The Kier molecular flexibility index (Phi) is 3.43. The van der Waals surface area contributed by atoms with Crippen LogP contribution < -0.4 is 9.64 Å². The first kappa shape index (κ1) is 10.7. The van der Waals surface area contributed by atoms with Crippen molar-refractivity contribution >= 4 is 21.6 Å². The van der Waals surface area contributed by atoms with E-state index < -0.39 is 0 Å². The summed E-state index contributed by atoms with van der Waals surface area (Å²) in [5, 5.41) is 0. The summed E-state index contributed by atoms with van der Waals surface area (Å²) in [5.41, 5.74) is 1.12. The molecule has 4 nitrogen and oxygen atoms in total. The summed E-state index contributed by atoms with van der Waals surface area (Å²) in [6, 6.07) is 1.98. The van der Waals surface area contributed by atoms with Gasteiger partial charge in [-0.15, -0.1) is 0 Å². The number of nitrogens with zero attached hydrogens (tertiary/aromatic N) is 2. The van der Waals surface area contributed by atoms with Gasteiger partial charge in [-0.2, -0.15) is 0 Å². The molecule has 0 aliphatic carbocycles. The molecule has 0 aromatic carbocycles. The van der Waals surface area contributed by atoms with Gasteiger partial charge in [0.05, 0.1) is 26.0 Å². The summed E-state index contributed by atoms with van der Waals surface area (Å²) in [5.74, 6) is 0.624. The van der Waals surface area contributed by atoms with E-state index >= 15 is 0 Å². The van der Waals surface area contributed by atoms with Gasteiger partial charge in [0.15, 0.2) is 0 Å². The van der Waals surface area contributed by atoms with E-state index in [1.807, 2.05) is 6.07 Å². The van der Waals surface area contributed by atoms with Gasteiger partial charge in [0.25, 0.3) is 0 Å². The fourth-order valence-electron chi connectivity index (χ4n) is 1.61. The summed E-state index contributed by atoms with van der Waals surface area (Å²) in [7, 11) is 1.62. The average molecular weight is 273 g/mol. The topological polar surface area (TPSA) is 34.6 Å². The molecule has 0 spiro atoms. The molecule has 0 saturated carbocycles. The summed E-state index contributed by atoms with van der Waals surface area (Å²) >= 11 is 3.51. The maximum atomic E-state index is 5.31. The second-order valence-electron chi connectivity index (χ2n) is 3.25. The third-order valence-electron chi connectivity index (χ3n) is 2.38. The molecule has 0 atom stereocenters. The third-order valence-corrected chi connectivity index (χ3v) is 3.13. The van der Waals surface area contributed by atoms with Crippen LogP contribution in [-0.4, -0.2) is 38.4 Å². The summed E-state index contributed by atoms with van der Waals surface area (Å²) in [6.07, 6.45) is 1.76. The molecular formula is C10H13BrN2O2. The maximum absolute atomic E-state index is 5.31. The highest BCUT2D eigenvalue weighted by Crippen LogP contribution is 2.32. The van der Waals surface area contributed by atoms with Gasteiger partial charge in [-0.05, 0) is 22.0 Å². The lowest BCUT2D eigenvalue weighted by Crippen LogP contribution is -2.36. The van der Waals surface area contributed by atoms with Crippen molar-refractivity contribution in [3.63, 3.8) is 0 Å². The quantitative estimate of drug-likeness (QED) is 0.821. The molecule has 0 bridgehead atoms.